The SMILES string of the molecule is COC(=O)Cc1ccc(CC#CCC2CCCCC2)cc1. The molecule has 1 aromatic rings. The summed E-state index contributed by atoms with van der Waals surface area (Å²) in [5.74, 6) is 7.24. The number of esters is 1. The number of ether oxygens (including phenoxy) is 1. The van der Waals surface area contributed by atoms with Crippen LogP contribution in [-0.2, 0) is 22.4 Å². The summed E-state index contributed by atoms with van der Waals surface area (Å²) >= 11 is 0. The van der Waals surface area contributed by atoms with Crippen LogP contribution < -0.4 is 0 Å². The van der Waals surface area contributed by atoms with Gasteiger partial charge in [0.1, 0.15) is 0 Å². The molecule has 0 bridgehead atoms. The van der Waals surface area contributed by atoms with Gasteiger partial charge in [-0.25, -0.2) is 0 Å². The molecule has 21 heavy (non-hydrogen) atoms. The first kappa shape index (κ1) is 15.6. The minimum atomic E-state index is -0.199. The number of carbonyl (C=O) groups excluding carboxylic acids is 1. The molecule has 1 aliphatic rings. The van der Waals surface area contributed by atoms with E-state index in [2.05, 4.69) is 16.6 Å². The van der Waals surface area contributed by atoms with Crippen LogP contribution in [0.25, 0.3) is 0 Å². The number of methoxy groups -OCH3 is 1. The topological polar surface area (TPSA) is 26.3 Å². The van der Waals surface area contributed by atoms with E-state index in [1.54, 1.807) is 0 Å². The largest absolute Gasteiger partial charge is 0.469 e. The fraction of sp³-hybridized carbons (Fsp3) is 0.526. The minimum absolute atomic E-state index is 0.199. The summed E-state index contributed by atoms with van der Waals surface area (Å²) in [5, 5.41) is 0. The number of hydrogen-bond acceptors (Lipinski definition) is 2. The van der Waals surface area contributed by atoms with Crippen molar-refractivity contribution in [2.45, 2.75) is 51.4 Å². The molecule has 1 aliphatic carbocycles. The minimum Gasteiger partial charge on any atom is -0.469 e. The summed E-state index contributed by atoms with van der Waals surface area (Å²) in [6.45, 7) is 0. The van der Waals surface area contributed by atoms with Crippen molar-refractivity contribution in [1.82, 2.24) is 0 Å². The maximum absolute atomic E-state index is 11.2. The fourth-order valence-corrected chi connectivity index (χ4v) is 2.79. The van der Waals surface area contributed by atoms with Crippen LogP contribution in [0.5, 0.6) is 0 Å². The summed E-state index contributed by atoms with van der Waals surface area (Å²) in [4.78, 5) is 11.2. The third-order valence-corrected chi connectivity index (χ3v) is 4.13. The second kappa shape index (κ2) is 8.52. The molecule has 0 amide bonds. The molecule has 0 radical (unpaired) electrons. The van der Waals surface area contributed by atoms with Crippen LogP contribution in [0, 0.1) is 17.8 Å². The summed E-state index contributed by atoms with van der Waals surface area (Å²) in [6, 6.07) is 8.06. The van der Waals surface area contributed by atoms with Gasteiger partial charge >= 0.3 is 5.97 Å². The standard InChI is InChI=1S/C19H24O2/c1-21-19(20)15-18-13-11-17(12-14-18)10-6-5-9-16-7-3-2-4-8-16/h11-14,16H,2-4,7-10,15H2,1H3. The van der Waals surface area contributed by atoms with Crippen molar-refractivity contribution in [2.24, 2.45) is 5.92 Å². The first-order chi connectivity index (χ1) is 10.3. The van der Waals surface area contributed by atoms with Crippen molar-refractivity contribution >= 4 is 5.97 Å². The number of carbonyl (C=O) groups is 1. The molecule has 0 heterocycles. The maximum atomic E-state index is 11.2. The number of rotatable bonds is 4. The van der Waals surface area contributed by atoms with Crippen LogP contribution in [0.1, 0.15) is 49.7 Å². The molecule has 1 aromatic carbocycles. The van der Waals surface area contributed by atoms with Gasteiger partial charge < -0.3 is 4.74 Å². The summed E-state index contributed by atoms with van der Waals surface area (Å²) in [5.41, 5.74) is 2.19. The van der Waals surface area contributed by atoms with Crippen LogP contribution in [0.4, 0.5) is 0 Å². The Morgan fingerprint density at radius 1 is 1.10 bits per heavy atom. The molecule has 0 aliphatic heterocycles. The first-order valence-electron chi connectivity index (χ1n) is 7.88. The van der Waals surface area contributed by atoms with E-state index in [0.29, 0.717) is 6.42 Å². The summed E-state index contributed by atoms with van der Waals surface area (Å²) in [6.07, 6.45) is 9.08. The predicted octanol–water partition coefficient (Wildman–Crippen LogP) is 3.92. The highest BCUT2D eigenvalue weighted by Crippen LogP contribution is 2.25. The smallest absolute Gasteiger partial charge is 0.309 e. The van der Waals surface area contributed by atoms with Gasteiger partial charge in [-0.05, 0) is 29.9 Å². The van der Waals surface area contributed by atoms with E-state index >= 15 is 0 Å². The van der Waals surface area contributed by atoms with Gasteiger partial charge in [-0.3, -0.25) is 4.79 Å². The van der Waals surface area contributed by atoms with Gasteiger partial charge in [0, 0.05) is 12.8 Å². The molecule has 0 unspecified atom stereocenters. The molecular weight excluding hydrogens is 260 g/mol. The Balaban J connectivity index is 1.76. The predicted molar refractivity (Wildman–Crippen MR) is 84.8 cm³/mol. The van der Waals surface area contributed by atoms with E-state index < -0.39 is 0 Å². The molecule has 0 N–H and O–H groups in total. The van der Waals surface area contributed by atoms with Gasteiger partial charge in [-0.1, -0.05) is 49.4 Å². The van der Waals surface area contributed by atoms with E-state index in [4.69, 9.17) is 0 Å². The zero-order valence-electron chi connectivity index (χ0n) is 12.9. The van der Waals surface area contributed by atoms with Crippen molar-refractivity contribution < 1.29 is 9.53 Å². The van der Waals surface area contributed by atoms with E-state index in [9.17, 15) is 4.79 Å². The Kier molecular flexibility index (Phi) is 6.34. The molecule has 2 rings (SSSR count). The molecular formula is C19H24O2. The monoisotopic (exact) mass is 284 g/mol. The normalized spacial score (nSPS) is 15.1. The fourth-order valence-electron chi connectivity index (χ4n) is 2.79. The van der Waals surface area contributed by atoms with Gasteiger partial charge in [0.25, 0.3) is 0 Å². The van der Waals surface area contributed by atoms with Gasteiger partial charge in [-0.2, -0.15) is 0 Å². The number of benzene rings is 1. The molecule has 2 heteroatoms. The zero-order chi connectivity index (χ0) is 14.9. The highest BCUT2D eigenvalue weighted by molar-refractivity contribution is 5.72. The van der Waals surface area contributed by atoms with Gasteiger partial charge in [-0.15, -0.1) is 5.92 Å². The van der Waals surface area contributed by atoms with Crippen molar-refractivity contribution in [1.29, 1.82) is 0 Å². The van der Waals surface area contributed by atoms with Crippen molar-refractivity contribution in [3.05, 3.63) is 35.4 Å². The average molecular weight is 284 g/mol. The molecule has 1 saturated carbocycles. The quantitative estimate of drug-likeness (QED) is 0.619. The van der Waals surface area contributed by atoms with Crippen molar-refractivity contribution in [3.63, 3.8) is 0 Å². The first-order valence-corrected chi connectivity index (χ1v) is 7.88. The zero-order valence-corrected chi connectivity index (χ0v) is 12.9. The Bertz CT molecular complexity index is 499. The Labute approximate surface area is 127 Å². The van der Waals surface area contributed by atoms with Gasteiger partial charge in [0.2, 0.25) is 0 Å². The van der Waals surface area contributed by atoms with Crippen LogP contribution in [0.2, 0.25) is 0 Å². The molecule has 2 nitrogen and oxygen atoms in total. The molecule has 112 valence electrons. The summed E-state index contributed by atoms with van der Waals surface area (Å²) in [7, 11) is 1.42. The Morgan fingerprint density at radius 2 is 1.76 bits per heavy atom. The third kappa shape index (κ3) is 5.63. The molecule has 0 spiro atoms. The van der Waals surface area contributed by atoms with Crippen LogP contribution in [-0.4, -0.2) is 13.1 Å². The van der Waals surface area contributed by atoms with E-state index in [0.717, 1.165) is 24.3 Å². The van der Waals surface area contributed by atoms with E-state index in [-0.39, 0.29) is 5.97 Å². The molecule has 0 aromatic heterocycles. The van der Waals surface area contributed by atoms with Crippen molar-refractivity contribution in [3.8, 4) is 11.8 Å². The lowest BCUT2D eigenvalue weighted by Crippen LogP contribution is -2.04. The van der Waals surface area contributed by atoms with Crippen LogP contribution in [0.3, 0.4) is 0 Å². The molecule has 1 fully saturated rings. The highest BCUT2D eigenvalue weighted by Gasteiger charge is 2.11. The average Bonchev–Trinajstić information content (AvgIpc) is 2.54. The lowest BCUT2D eigenvalue weighted by Gasteiger charge is -2.18. The lowest BCUT2D eigenvalue weighted by atomic mass is 9.87. The van der Waals surface area contributed by atoms with Crippen LogP contribution >= 0.6 is 0 Å². The second-order valence-electron chi connectivity index (χ2n) is 5.81. The lowest BCUT2D eigenvalue weighted by molar-refractivity contribution is -0.139. The summed E-state index contributed by atoms with van der Waals surface area (Å²) < 4.78 is 4.66. The van der Waals surface area contributed by atoms with Crippen molar-refractivity contribution in [2.75, 3.05) is 7.11 Å². The molecule has 0 saturated heterocycles. The highest BCUT2D eigenvalue weighted by atomic mass is 16.5. The number of hydrogen-bond donors (Lipinski definition) is 0. The molecule has 0 atom stereocenters. The Hall–Kier alpha value is -1.75. The van der Waals surface area contributed by atoms with Gasteiger partial charge in [0.15, 0.2) is 0 Å². The van der Waals surface area contributed by atoms with E-state index in [1.807, 2.05) is 24.3 Å². The van der Waals surface area contributed by atoms with E-state index in [1.165, 1.54) is 44.8 Å². The van der Waals surface area contributed by atoms with Crippen LogP contribution in [0.15, 0.2) is 24.3 Å². The second-order valence-corrected chi connectivity index (χ2v) is 5.81. The maximum Gasteiger partial charge on any atom is 0.309 e. The third-order valence-electron chi connectivity index (χ3n) is 4.13. The Morgan fingerprint density at radius 3 is 2.43 bits per heavy atom. The van der Waals surface area contributed by atoms with Gasteiger partial charge in [0.05, 0.1) is 13.5 Å².